The van der Waals surface area contributed by atoms with E-state index < -0.39 is 0 Å². The first-order chi connectivity index (χ1) is 9.19. The smallest absolute Gasteiger partial charge is 0.319 e. The maximum Gasteiger partial charge on any atom is 0.319 e. The minimum Gasteiger partial charge on any atom is -0.468 e. The molecule has 6 heteroatoms. The van der Waals surface area contributed by atoms with Gasteiger partial charge in [0.15, 0.2) is 0 Å². The number of nitrogens with zero attached hydrogens (tertiary/aromatic N) is 3. The zero-order chi connectivity index (χ0) is 13.7. The van der Waals surface area contributed by atoms with Crippen molar-refractivity contribution in [3.8, 4) is 10.7 Å². The molecule has 0 unspecified atom stereocenters. The number of methoxy groups -OCH3 is 1. The van der Waals surface area contributed by atoms with Crippen LogP contribution >= 0.6 is 11.3 Å². The van der Waals surface area contributed by atoms with Gasteiger partial charge in [-0.3, -0.25) is 14.7 Å². The van der Waals surface area contributed by atoms with Crippen LogP contribution in [0.3, 0.4) is 0 Å². The Hall–Kier alpha value is -1.79. The summed E-state index contributed by atoms with van der Waals surface area (Å²) in [5, 5.41) is 2.87. The molecule has 0 aliphatic rings. The number of likely N-dealkylation sites (N-methyl/N-ethyl adjacent to an activating group) is 1. The predicted molar refractivity (Wildman–Crippen MR) is 73.7 cm³/mol. The SMILES string of the molecule is COC(=O)CN(C)Cc1csc(-c2ccccn2)n1. The van der Waals surface area contributed by atoms with Crippen LogP contribution in [0.1, 0.15) is 5.69 Å². The van der Waals surface area contributed by atoms with Crippen LogP contribution in [0.4, 0.5) is 0 Å². The van der Waals surface area contributed by atoms with Gasteiger partial charge in [0, 0.05) is 18.1 Å². The molecule has 0 aliphatic carbocycles. The maximum atomic E-state index is 11.1. The van der Waals surface area contributed by atoms with Crippen LogP contribution in [0.2, 0.25) is 0 Å². The standard InChI is InChI=1S/C13H15N3O2S/c1-16(8-12(17)18-2)7-10-9-19-13(15-10)11-5-3-4-6-14-11/h3-6,9H,7-8H2,1-2H3. The summed E-state index contributed by atoms with van der Waals surface area (Å²) in [7, 11) is 3.24. The summed E-state index contributed by atoms with van der Waals surface area (Å²) >= 11 is 1.55. The van der Waals surface area contributed by atoms with Crippen molar-refractivity contribution in [3.63, 3.8) is 0 Å². The maximum absolute atomic E-state index is 11.1. The third-order valence-corrected chi connectivity index (χ3v) is 3.41. The first kappa shape index (κ1) is 13.6. The van der Waals surface area contributed by atoms with E-state index in [1.165, 1.54) is 7.11 Å². The molecule has 0 bridgehead atoms. The highest BCUT2D eigenvalue weighted by atomic mass is 32.1. The van der Waals surface area contributed by atoms with Gasteiger partial charge in [0.25, 0.3) is 0 Å². The average molecular weight is 277 g/mol. The second-order valence-corrected chi connectivity index (χ2v) is 4.97. The number of carbonyl (C=O) groups excluding carboxylic acids is 1. The van der Waals surface area contributed by atoms with E-state index in [4.69, 9.17) is 0 Å². The van der Waals surface area contributed by atoms with Gasteiger partial charge in [0.2, 0.25) is 0 Å². The monoisotopic (exact) mass is 277 g/mol. The second-order valence-electron chi connectivity index (χ2n) is 4.11. The fraction of sp³-hybridized carbons (Fsp3) is 0.308. The summed E-state index contributed by atoms with van der Waals surface area (Å²) in [6, 6.07) is 5.75. The van der Waals surface area contributed by atoms with Gasteiger partial charge in [-0.2, -0.15) is 0 Å². The van der Waals surface area contributed by atoms with Crippen molar-refractivity contribution in [1.29, 1.82) is 0 Å². The Kier molecular flexibility index (Phi) is 4.59. The number of aromatic nitrogens is 2. The molecule has 2 aromatic heterocycles. The van der Waals surface area contributed by atoms with E-state index in [2.05, 4.69) is 14.7 Å². The van der Waals surface area contributed by atoms with Crippen molar-refractivity contribution in [1.82, 2.24) is 14.9 Å². The molecular weight excluding hydrogens is 262 g/mol. The summed E-state index contributed by atoms with van der Waals surface area (Å²) in [5.41, 5.74) is 1.80. The average Bonchev–Trinajstić information content (AvgIpc) is 2.88. The van der Waals surface area contributed by atoms with Gasteiger partial charge in [-0.05, 0) is 19.2 Å². The molecule has 0 radical (unpaired) electrons. The molecule has 0 saturated heterocycles. The number of hydrogen-bond donors (Lipinski definition) is 0. The molecule has 2 heterocycles. The van der Waals surface area contributed by atoms with E-state index in [1.807, 2.05) is 35.5 Å². The Balaban J connectivity index is 2.00. The third-order valence-electron chi connectivity index (χ3n) is 2.49. The number of rotatable bonds is 5. The summed E-state index contributed by atoms with van der Waals surface area (Å²) in [6.45, 7) is 0.866. The number of ether oxygens (including phenoxy) is 1. The van der Waals surface area contributed by atoms with E-state index in [9.17, 15) is 4.79 Å². The molecule has 5 nitrogen and oxygen atoms in total. The molecule has 2 aromatic rings. The first-order valence-corrected chi connectivity index (χ1v) is 6.68. The van der Waals surface area contributed by atoms with Gasteiger partial charge in [0.1, 0.15) is 5.01 Å². The highest BCUT2D eigenvalue weighted by Gasteiger charge is 2.10. The van der Waals surface area contributed by atoms with Crippen molar-refractivity contribution < 1.29 is 9.53 Å². The lowest BCUT2D eigenvalue weighted by molar-refractivity contribution is -0.141. The molecule has 0 spiro atoms. The van der Waals surface area contributed by atoms with Crippen LogP contribution in [0.25, 0.3) is 10.7 Å². The molecule has 0 saturated carbocycles. The number of carbonyl (C=O) groups is 1. The van der Waals surface area contributed by atoms with Gasteiger partial charge < -0.3 is 4.74 Å². The van der Waals surface area contributed by atoms with Crippen molar-refractivity contribution in [2.24, 2.45) is 0 Å². The van der Waals surface area contributed by atoms with E-state index in [0.29, 0.717) is 6.54 Å². The molecule has 0 N–H and O–H groups in total. The van der Waals surface area contributed by atoms with Crippen LogP contribution < -0.4 is 0 Å². The molecule has 2 rings (SSSR count). The van der Waals surface area contributed by atoms with Crippen molar-refractivity contribution >= 4 is 17.3 Å². The Labute approximate surface area is 115 Å². The van der Waals surface area contributed by atoms with Gasteiger partial charge in [-0.1, -0.05) is 6.07 Å². The second kappa shape index (κ2) is 6.40. The lowest BCUT2D eigenvalue weighted by Gasteiger charge is -2.12. The molecule has 0 fully saturated rings. The van der Waals surface area contributed by atoms with Crippen LogP contribution in [0.5, 0.6) is 0 Å². The van der Waals surface area contributed by atoms with Gasteiger partial charge >= 0.3 is 5.97 Å². The number of thiazole rings is 1. The molecule has 100 valence electrons. The highest BCUT2D eigenvalue weighted by molar-refractivity contribution is 7.13. The lowest BCUT2D eigenvalue weighted by atomic mass is 10.3. The highest BCUT2D eigenvalue weighted by Crippen LogP contribution is 2.21. The summed E-state index contributed by atoms with van der Waals surface area (Å²) in [6.07, 6.45) is 1.75. The van der Waals surface area contributed by atoms with Gasteiger partial charge in [-0.25, -0.2) is 4.98 Å². The number of hydrogen-bond acceptors (Lipinski definition) is 6. The predicted octanol–water partition coefficient (Wildman–Crippen LogP) is 1.81. The Bertz CT molecular complexity index is 542. The minimum absolute atomic E-state index is 0.248. The van der Waals surface area contributed by atoms with E-state index in [0.717, 1.165) is 16.4 Å². The summed E-state index contributed by atoms with van der Waals surface area (Å²) < 4.78 is 4.62. The van der Waals surface area contributed by atoms with Crippen molar-refractivity contribution in [2.75, 3.05) is 20.7 Å². The molecule has 0 amide bonds. The Morgan fingerprint density at radius 3 is 3.00 bits per heavy atom. The molecule has 0 aliphatic heterocycles. The van der Waals surface area contributed by atoms with Crippen molar-refractivity contribution in [3.05, 3.63) is 35.5 Å². The lowest BCUT2D eigenvalue weighted by Crippen LogP contribution is -2.26. The zero-order valence-electron chi connectivity index (χ0n) is 10.9. The Morgan fingerprint density at radius 2 is 2.32 bits per heavy atom. The van der Waals surface area contributed by atoms with Crippen LogP contribution in [0.15, 0.2) is 29.8 Å². The quantitative estimate of drug-likeness (QED) is 0.780. The molecule has 19 heavy (non-hydrogen) atoms. The largest absolute Gasteiger partial charge is 0.468 e. The van der Waals surface area contributed by atoms with E-state index in [1.54, 1.807) is 17.5 Å². The van der Waals surface area contributed by atoms with Crippen molar-refractivity contribution in [2.45, 2.75) is 6.54 Å². The third kappa shape index (κ3) is 3.84. The van der Waals surface area contributed by atoms with E-state index >= 15 is 0 Å². The molecule has 0 atom stereocenters. The first-order valence-electron chi connectivity index (χ1n) is 5.80. The number of esters is 1. The Morgan fingerprint density at radius 1 is 1.47 bits per heavy atom. The zero-order valence-corrected chi connectivity index (χ0v) is 11.7. The summed E-state index contributed by atoms with van der Waals surface area (Å²) in [4.78, 5) is 21.8. The minimum atomic E-state index is -0.248. The fourth-order valence-corrected chi connectivity index (χ4v) is 2.39. The van der Waals surface area contributed by atoms with Crippen LogP contribution in [0, 0.1) is 0 Å². The topological polar surface area (TPSA) is 55.3 Å². The molecule has 0 aromatic carbocycles. The van der Waals surface area contributed by atoms with Crippen LogP contribution in [-0.2, 0) is 16.1 Å². The number of pyridine rings is 1. The normalized spacial score (nSPS) is 10.7. The van der Waals surface area contributed by atoms with Gasteiger partial charge in [-0.15, -0.1) is 11.3 Å². The van der Waals surface area contributed by atoms with Gasteiger partial charge in [0.05, 0.1) is 25.0 Å². The fourth-order valence-electron chi connectivity index (χ4n) is 1.60. The summed E-state index contributed by atoms with van der Waals surface area (Å²) in [5.74, 6) is -0.248. The van der Waals surface area contributed by atoms with Crippen LogP contribution in [-0.4, -0.2) is 41.5 Å². The van der Waals surface area contributed by atoms with E-state index in [-0.39, 0.29) is 12.5 Å². The molecular formula is C13H15N3O2S.